The molecule has 7 heteroatoms. The molecule has 0 amide bonds. The summed E-state index contributed by atoms with van der Waals surface area (Å²) >= 11 is 0. The highest BCUT2D eigenvalue weighted by Gasteiger charge is 2.30. The second kappa shape index (κ2) is 8.52. The number of rotatable bonds is 5. The van der Waals surface area contributed by atoms with Gasteiger partial charge in [0.15, 0.2) is 11.8 Å². The van der Waals surface area contributed by atoms with E-state index in [1.807, 2.05) is 6.07 Å². The summed E-state index contributed by atoms with van der Waals surface area (Å²) < 4.78 is 0. The van der Waals surface area contributed by atoms with Crippen molar-refractivity contribution >= 4 is 5.96 Å². The fourth-order valence-corrected chi connectivity index (χ4v) is 4.09. The summed E-state index contributed by atoms with van der Waals surface area (Å²) in [5.41, 5.74) is 2.22. The highest BCUT2D eigenvalue weighted by Crippen LogP contribution is 2.21. The molecule has 0 radical (unpaired) electrons. The second-order valence-corrected chi connectivity index (χ2v) is 7.34. The summed E-state index contributed by atoms with van der Waals surface area (Å²) in [6.07, 6.45) is 5.48. The van der Waals surface area contributed by atoms with Crippen LogP contribution in [0.2, 0.25) is 0 Å². The fourth-order valence-electron chi connectivity index (χ4n) is 4.09. The van der Waals surface area contributed by atoms with Crippen LogP contribution in [0.25, 0.3) is 11.4 Å². The van der Waals surface area contributed by atoms with Gasteiger partial charge in [-0.2, -0.15) is 5.10 Å². The first-order chi connectivity index (χ1) is 13.3. The number of nitrogens with one attached hydrogen (secondary N) is 2. The van der Waals surface area contributed by atoms with E-state index in [2.05, 4.69) is 55.4 Å². The highest BCUT2D eigenvalue weighted by molar-refractivity contribution is 5.80. The van der Waals surface area contributed by atoms with Gasteiger partial charge in [0, 0.05) is 31.2 Å². The molecule has 144 valence electrons. The molecule has 2 aliphatic rings. The van der Waals surface area contributed by atoms with Crippen molar-refractivity contribution in [3.63, 3.8) is 0 Å². The number of hydrogen-bond acceptors (Lipinski definition) is 4. The lowest BCUT2D eigenvalue weighted by atomic mass is 10.1. The van der Waals surface area contributed by atoms with E-state index in [1.54, 1.807) is 0 Å². The van der Waals surface area contributed by atoms with Crippen LogP contribution in [0.15, 0.2) is 35.6 Å². The summed E-state index contributed by atoms with van der Waals surface area (Å²) in [6, 6.07) is 9.02. The lowest BCUT2D eigenvalue weighted by molar-refractivity contribution is 0.249. The SMILES string of the molecule is CCNC(=NCc1cccc(-c2ncn[nH]2)c1)N1CCC(N2CCCC2)C1. The zero-order chi connectivity index (χ0) is 18.5. The summed E-state index contributed by atoms with van der Waals surface area (Å²) in [4.78, 5) is 14.2. The van der Waals surface area contributed by atoms with Crippen LogP contribution in [-0.4, -0.2) is 69.7 Å². The van der Waals surface area contributed by atoms with Crippen LogP contribution in [0, 0.1) is 0 Å². The summed E-state index contributed by atoms with van der Waals surface area (Å²) in [6.45, 7) is 8.39. The number of aromatic nitrogens is 3. The summed E-state index contributed by atoms with van der Waals surface area (Å²) in [5, 5.41) is 10.3. The predicted octanol–water partition coefficient (Wildman–Crippen LogP) is 2.11. The van der Waals surface area contributed by atoms with Gasteiger partial charge in [0.1, 0.15) is 6.33 Å². The highest BCUT2D eigenvalue weighted by atomic mass is 15.3. The average molecular weight is 368 g/mol. The maximum absolute atomic E-state index is 4.92. The first-order valence-electron chi connectivity index (χ1n) is 10.1. The molecule has 0 aliphatic carbocycles. The normalized spacial score (nSPS) is 21.1. The van der Waals surface area contributed by atoms with Crippen LogP contribution in [0.1, 0.15) is 31.7 Å². The standard InChI is InChI=1S/C20H29N7/c1-2-21-20(27-11-8-18(14-27)26-9-3-4-10-26)22-13-16-6-5-7-17(12-16)19-23-15-24-25-19/h5-7,12,15,18H,2-4,8-11,13-14H2,1H3,(H,21,22)(H,23,24,25). The molecule has 2 aliphatic heterocycles. The minimum absolute atomic E-state index is 0.662. The van der Waals surface area contributed by atoms with Crippen molar-refractivity contribution in [3.05, 3.63) is 36.2 Å². The Morgan fingerprint density at radius 3 is 2.96 bits per heavy atom. The molecule has 7 nitrogen and oxygen atoms in total. The van der Waals surface area contributed by atoms with Crippen molar-refractivity contribution in [2.45, 2.75) is 38.8 Å². The number of likely N-dealkylation sites (tertiary alicyclic amines) is 2. The minimum Gasteiger partial charge on any atom is -0.357 e. The Labute approximate surface area is 160 Å². The van der Waals surface area contributed by atoms with Gasteiger partial charge in [0.2, 0.25) is 0 Å². The minimum atomic E-state index is 0.662. The van der Waals surface area contributed by atoms with Gasteiger partial charge in [0.05, 0.1) is 6.54 Å². The van der Waals surface area contributed by atoms with Crippen molar-refractivity contribution in [1.82, 2.24) is 30.3 Å². The first kappa shape index (κ1) is 18.0. The number of hydrogen-bond donors (Lipinski definition) is 2. The summed E-state index contributed by atoms with van der Waals surface area (Å²) in [7, 11) is 0. The Balaban J connectivity index is 1.43. The lowest BCUT2D eigenvalue weighted by Crippen LogP contribution is -2.42. The van der Waals surface area contributed by atoms with Gasteiger partial charge in [-0.15, -0.1) is 0 Å². The van der Waals surface area contributed by atoms with Crippen LogP contribution < -0.4 is 5.32 Å². The molecule has 4 rings (SSSR count). The molecule has 0 spiro atoms. The quantitative estimate of drug-likeness (QED) is 0.625. The Hall–Kier alpha value is -2.41. The topological polar surface area (TPSA) is 72.4 Å². The van der Waals surface area contributed by atoms with Crippen molar-refractivity contribution in [2.24, 2.45) is 4.99 Å². The van der Waals surface area contributed by atoms with E-state index in [9.17, 15) is 0 Å². The zero-order valence-electron chi connectivity index (χ0n) is 16.1. The van der Waals surface area contributed by atoms with Gasteiger partial charge in [-0.1, -0.05) is 18.2 Å². The lowest BCUT2D eigenvalue weighted by Gasteiger charge is -2.25. The third kappa shape index (κ3) is 4.30. The monoisotopic (exact) mass is 367 g/mol. The number of benzene rings is 1. The Bertz CT molecular complexity index is 749. The molecule has 0 bridgehead atoms. The molecule has 2 fully saturated rings. The Kier molecular flexibility index (Phi) is 5.67. The third-order valence-electron chi connectivity index (χ3n) is 5.48. The molecule has 2 aromatic rings. The van der Waals surface area contributed by atoms with Gasteiger partial charge in [0.25, 0.3) is 0 Å². The maximum atomic E-state index is 4.92. The number of guanidine groups is 1. The predicted molar refractivity (Wildman–Crippen MR) is 107 cm³/mol. The van der Waals surface area contributed by atoms with Crippen molar-refractivity contribution < 1.29 is 0 Å². The van der Waals surface area contributed by atoms with Crippen LogP contribution in [0.4, 0.5) is 0 Å². The molecular formula is C20H29N7. The molecule has 1 unspecified atom stereocenters. The largest absolute Gasteiger partial charge is 0.357 e. The Morgan fingerprint density at radius 2 is 2.19 bits per heavy atom. The van der Waals surface area contributed by atoms with E-state index in [0.717, 1.165) is 37.0 Å². The first-order valence-corrected chi connectivity index (χ1v) is 10.1. The number of nitrogens with zero attached hydrogens (tertiary/aromatic N) is 5. The van der Waals surface area contributed by atoms with Gasteiger partial charge >= 0.3 is 0 Å². The number of aliphatic imine (C=N–C) groups is 1. The van der Waals surface area contributed by atoms with Gasteiger partial charge in [-0.25, -0.2) is 9.98 Å². The molecule has 0 saturated carbocycles. The Morgan fingerprint density at radius 1 is 1.30 bits per heavy atom. The van der Waals surface area contributed by atoms with Gasteiger partial charge < -0.3 is 10.2 Å². The zero-order valence-corrected chi connectivity index (χ0v) is 16.1. The molecule has 2 saturated heterocycles. The summed E-state index contributed by atoms with van der Waals surface area (Å²) in [5.74, 6) is 1.82. The van der Waals surface area contributed by atoms with Gasteiger partial charge in [-0.05, 0) is 50.9 Å². The van der Waals surface area contributed by atoms with Gasteiger partial charge in [-0.3, -0.25) is 10.00 Å². The molecule has 2 N–H and O–H groups in total. The second-order valence-electron chi connectivity index (χ2n) is 7.34. The van der Waals surface area contributed by atoms with E-state index in [4.69, 9.17) is 4.99 Å². The van der Waals surface area contributed by atoms with E-state index in [1.165, 1.54) is 44.2 Å². The fraction of sp³-hybridized carbons (Fsp3) is 0.550. The smallest absolute Gasteiger partial charge is 0.194 e. The van der Waals surface area contributed by atoms with E-state index < -0.39 is 0 Å². The van der Waals surface area contributed by atoms with E-state index in [-0.39, 0.29) is 0 Å². The van der Waals surface area contributed by atoms with Crippen molar-refractivity contribution in [2.75, 3.05) is 32.7 Å². The average Bonchev–Trinajstić information content (AvgIpc) is 3.46. The maximum Gasteiger partial charge on any atom is 0.194 e. The van der Waals surface area contributed by atoms with Crippen molar-refractivity contribution in [3.8, 4) is 11.4 Å². The number of aromatic amines is 1. The van der Waals surface area contributed by atoms with E-state index >= 15 is 0 Å². The van der Waals surface area contributed by atoms with Crippen molar-refractivity contribution in [1.29, 1.82) is 0 Å². The third-order valence-corrected chi connectivity index (χ3v) is 5.48. The molecule has 1 aromatic carbocycles. The molecule has 27 heavy (non-hydrogen) atoms. The molecule has 3 heterocycles. The van der Waals surface area contributed by atoms with Crippen LogP contribution in [-0.2, 0) is 6.54 Å². The van der Waals surface area contributed by atoms with Crippen LogP contribution >= 0.6 is 0 Å². The molecule has 1 atom stereocenters. The van der Waals surface area contributed by atoms with Crippen LogP contribution in [0.5, 0.6) is 0 Å². The molecule has 1 aromatic heterocycles. The van der Waals surface area contributed by atoms with E-state index in [0.29, 0.717) is 12.6 Å². The number of H-pyrrole nitrogens is 1. The van der Waals surface area contributed by atoms with Crippen LogP contribution in [0.3, 0.4) is 0 Å². The molecular weight excluding hydrogens is 338 g/mol.